The summed E-state index contributed by atoms with van der Waals surface area (Å²) in [6.45, 7) is 33.1. The maximum absolute atomic E-state index is 7.08. The van der Waals surface area contributed by atoms with Crippen LogP contribution in [-0.4, -0.2) is 6.71 Å². The van der Waals surface area contributed by atoms with Crippen LogP contribution in [-0.2, 0) is 33.6 Å². The number of nitrogens with zero attached hydrogens (tertiary/aromatic N) is 3. The second-order valence-corrected chi connectivity index (χ2v) is 25.9. The third-order valence-electron chi connectivity index (χ3n) is 18.2. The average Bonchev–Trinajstić information content (AvgIpc) is 3.98. The van der Waals surface area contributed by atoms with E-state index in [4.69, 9.17) is 4.42 Å². The summed E-state index contributed by atoms with van der Waals surface area (Å²) in [4.78, 5) is 8.04. The van der Waals surface area contributed by atoms with Crippen LogP contribution in [0, 0.1) is 20.8 Å². The van der Waals surface area contributed by atoms with Crippen molar-refractivity contribution < 1.29 is 4.42 Å². The van der Waals surface area contributed by atoms with Crippen molar-refractivity contribution in [1.29, 1.82) is 0 Å². The Balaban J connectivity index is 1.21. The van der Waals surface area contributed by atoms with E-state index in [0.29, 0.717) is 0 Å². The Hall–Kier alpha value is -6.98. The Bertz CT molecular complexity index is 3860. The summed E-state index contributed by atoms with van der Waals surface area (Å²) in [5.74, 6) is 0. The van der Waals surface area contributed by atoms with Crippen LogP contribution in [0.25, 0.3) is 21.9 Å². The molecular formula is C69H70BN3O. The van der Waals surface area contributed by atoms with E-state index < -0.39 is 5.54 Å². The molecule has 0 bridgehead atoms. The highest BCUT2D eigenvalue weighted by atomic mass is 16.3. The molecule has 2 atom stereocenters. The summed E-state index contributed by atoms with van der Waals surface area (Å²) in [7, 11) is 0. The largest absolute Gasteiger partial charge is 0.454 e. The van der Waals surface area contributed by atoms with Crippen molar-refractivity contribution >= 4 is 90.5 Å². The third-order valence-corrected chi connectivity index (χ3v) is 18.2. The predicted octanol–water partition coefficient (Wildman–Crippen LogP) is 16.8. The first kappa shape index (κ1) is 46.8. The van der Waals surface area contributed by atoms with Gasteiger partial charge in [-0.2, -0.15) is 0 Å². The molecule has 2 unspecified atom stereocenters. The fourth-order valence-corrected chi connectivity index (χ4v) is 14.0. The Morgan fingerprint density at radius 2 is 1.07 bits per heavy atom. The van der Waals surface area contributed by atoms with Gasteiger partial charge in [0.1, 0.15) is 5.58 Å². The Morgan fingerprint density at radius 3 is 1.70 bits per heavy atom. The molecule has 0 saturated heterocycles. The van der Waals surface area contributed by atoms with Gasteiger partial charge in [-0.15, -0.1) is 0 Å². The topological polar surface area (TPSA) is 22.9 Å². The monoisotopic (exact) mass is 968 g/mol. The SMILES string of the molecule is Cc1cc(C)c2c(c1)C1(C)CCc3ccccc3C1(C)N2c1cc2c3c(c1)N(c1cccc4c1oc1ccccc14)c1ccc(C(C)(C)C)cc1B3c1cc(C(C)(C)C)ccc1N2c1ccc(C(C)(C)C)cc1C. The molecule has 1 aromatic heterocycles. The number of anilines is 8. The first-order valence-corrected chi connectivity index (χ1v) is 27.2. The van der Waals surface area contributed by atoms with Crippen molar-refractivity contribution in [3.8, 4) is 0 Å². The Labute approximate surface area is 440 Å². The van der Waals surface area contributed by atoms with E-state index in [0.717, 1.165) is 40.5 Å². The van der Waals surface area contributed by atoms with Crippen molar-refractivity contribution in [2.75, 3.05) is 14.7 Å². The molecule has 4 nitrogen and oxygen atoms in total. The molecule has 4 heterocycles. The van der Waals surface area contributed by atoms with E-state index in [1.54, 1.807) is 0 Å². The molecule has 0 N–H and O–H groups in total. The lowest BCUT2D eigenvalue weighted by molar-refractivity contribution is 0.245. The van der Waals surface area contributed by atoms with E-state index >= 15 is 0 Å². The Kier molecular flexibility index (Phi) is 9.83. The highest BCUT2D eigenvalue weighted by molar-refractivity contribution is 7.00. The zero-order chi connectivity index (χ0) is 51.8. The van der Waals surface area contributed by atoms with E-state index in [2.05, 4.69) is 257 Å². The van der Waals surface area contributed by atoms with Crippen LogP contribution in [0.3, 0.4) is 0 Å². The van der Waals surface area contributed by atoms with E-state index in [-0.39, 0.29) is 28.4 Å². The van der Waals surface area contributed by atoms with Crippen molar-refractivity contribution in [3.63, 3.8) is 0 Å². The fourth-order valence-electron chi connectivity index (χ4n) is 14.0. The molecule has 9 aromatic rings. The van der Waals surface area contributed by atoms with Gasteiger partial charge in [-0.25, -0.2) is 0 Å². The number of benzene rings is 8. The first-order chi connectivity index (χ1) is 35.1. The van der Waals surface area contributed by atoms with Gasteiger partial charge in [-0.05, 0) is 160 Å². The molecule has 13 rings (SSSR count). The smallest absolute Gasteiger partial charge is 0.252 e. The number of rotatable bonds is 3. The molecular weight excluding hydrogens is 898 g/mol. The van der Waals surface area contributed by atoms with Crippen LogP contribution in [0.1, 0.15) is 133 Å². The lowest BCUT2D eigenvalue weighted by Crippen LogP contribution is -2.62. The van der Waals surface area contributed by atoms with Crippen molar-refractivity contribution in [2.24, 2.45) is 0 Å². The molecule has 8 aromatic carbocycles. The van der Waals surface area contributed by atoms with Crippen LogP contribution in [0.2, 0.25) is 0 Å². The van der Waals surface area contributed by atoms with Gasteiger partial charge in [0.2, 0.25) is 0 Å². The quantitative estimate of drug-likeness (QED) is 0.165. The van der Waals surface area contributed by atoms with Gasteiger partial charge in [0, 0.05) is 56.0 Å². The molecule has 3 aliphatic heterocycles. The third kappa shape index (κ3) is 6.47. The molecule has 370 valence electrons. The molecule has 4 aliphatic rings. The Morgan fingerprint density at radius 1 is 0.500 bits per heavy atom. The summed E-state index contributed by atoms with van der Waals surface area (Å²) in [6.07, 6.45) is 2.11. The van der Waals surface area contributed by atoms with E-state index in [1.165, 1.54) is 106 Å². The van der Waals surface area contributed by atoms with Crippen molar-refractivity contribution in [2.45, 2.75) is 137 Å². The number of aryl methyl sites for hydroxylation is 4. The number of fused-ring (bicyclic) bond motifs is 12. The fraction of sp³-hybridized carbons (Fsp3) is 0.304. The van der Waals surface area contributed by atoms with Crippen LogP contribution in [0.15, 0.2) is 150 Å². The summed E-state index contributed by atoms with van der Waals surface area (Å²) in [5, 5.41) is 2.25. The highest BCUT2D eigenvalue weighted by Crippen LogP contribution is 2.65. The second-order valence-electron chi connectivity index (χ2n) is 25.9. The molecule has 0 amide bonds. The highest BCUT2D eigenvalue weighted by Gasteiger charge is 2.61. The lowest BCUT2D eigenvalue weighted by atomic mass is 9.33. The van der Waals surface area contributed by atoms with Gasteiger partial charge in [-0.3, -0.25) is 0 Å². The summed E-state index contributed by atoms with van der Waals surface area (Å²) in [6, 6.07) is 56.7. The zero-order valence-electron chi connectivity index (χ0n) is 46.1. The standard InChI is InChI=1S/C69H70BN3O/c1-41-34-43(3)63-52(35-41)68(13)33-32-44-20-15-17-23-51(44)69(68,14)73(63)48-39-59-62-60(40-48)72(58-24-19-22-50-49-21-16-18-25-61(49)74-64(50)58)57-31-28-47(67(10,11)12)38-54(57)70(62)53-37-46(66(7,8)9)27-30-56(53)71(59)55-29-26-45(36-42(55)2)65(4,5)6/h15-31,34-40H,32-33H2,1-14H3. The number of para-hydroxylation sites is 2. The van der Waals surface area contributed by atoms with Crippen LogP contribution in [0.4, 0.5) is 45.5 Å². The molecule has 0 saturated carbocycles. The number of hydrogen-bond acceptors (Lipinski definition) is 4. The molecule has 5 heteroatoms. The molecule has 74 heavy (non-hydrogen) atoms. The van der Waals surface area contributed by atoms with Crippen LogP contribution < -0.4 is 31.1 Å². The zero-order valence-corrected chi connectivity index (χ0v) is 46.1. The summed E-state index contributed by atoms with van der Waals surface area (Å²) < 4.78 is 7.08. The normalized spacial score (nSPS) is 18.8. The maximum atomic E-state index is 7.08. The maximum Gasteiger partial charge on any atom is 0.252 e. The van der Waals surface area contributed by atoms with Gasteiger partial charge in [-0.1, -0.05) is 178 Å². The van der Waals surface area contributed by atoms with Crippen molar-refractivity contribution in [1.82, 2.24) is 0 Å². The second kappa shape index (κ2) is 15.5. The minimum Gasteiger partial charge on any atom is -0.454 e. The number of furan rings is 1. The van der Waals surface area contributed by atoms with E-state index in [9.17, 15) is 0 Å². The minimum absolute atomic E-state index is 0.000724. The van der Waals surface area contributed by atoms with Gasteiger partial charge >= 0.3 is 0 Å². The van der Waals surface area contributed by atoms with Crippen molar-refractivity contribution in [3.05, 3.63) is 196 Å². The summed E-state index contributed by atoms with van der Waals surface area (Å²) in [5.41, 5.74) is 26.8. The van der Waals surface area contributed by atoms with Crippen LogP contribution >= 0.6 is 0 Å². The molecule has 1 aliphatic carbocycles. The van der Waals surface area contributed by atoms with Crippen LogP contribution in [0.5, 0.6) is 0 Å². The molecule has 0 spiro atoms. The minimum atomic E-state index is -0.413. The van der Waals surface area contributed by atoms with Gasteiger partial charge < -0.3 is 19.1 Å². The molecule has 0 radical (unpaired) electrons. The predicted molar refractivity (Wildman–Crippen MR) is 316 cm³/mol. The van der Waals surface area contributed by atoms with Gasteiger partial charge in [0.25, 0.3) is 6.71 Å². The lowest BCUT2D eigenvalue weighted by Gasteiger charge is -2.52. The first-order valence-electron chi connectivity index (χ1n) is 27.2. The average molecular weight is 968 g/mol. The summed E-state index contributed by atoms with van der Waals surface area (Å²) >= 11 is 0. The van der Waals surface area contributed by atoms with Gasteiger partial charge in [0.05, 0.1) is 11.2 Å². The van der Waals surface area contributed by atoms with Gasteiger partial charge in [0.15, 0.2) is 5.58 Å². The number of hydrogen-bond donors (Lipinski definition) is 0. The molecule has 0 fully saturated rings. The van der Waals surface area contributed by atoms with E-state index in [1.807, 2.05) is 0 Å².